The molecule has 6 rings (SSSR count). The van der Waals surface area contributed by atoms with E-state index in [-0.39, 0.29) is 35.5 Å². The molecule has 0 aliphatic carbocycles. The number of nitrogen functional groups attached to an aromatic ring is 1. The van der Waals surface area contributed by atoms with Crippen molar-refractivity contribution in [3.63, 3.8) is 0 Å². The summed E-state index contributed by atoms with van der Waals surface area (Å²) < 4.78 is 71.1. The average Bonchev–Trinajstić information content (AvgIpc) is 3.35. The summed E-state index contributed by atoms with van der Waals surface area (Å²) in [4.78, 5) is 29.4. The number of nitrogens with two attached hydrogens (primary N) is 1. The monoisotopic (exact) mass is 466 g/mol. The number of nitrogens with one attached hydrogen (secondary N) is 1. The van der Waals surface area contributed by atoms with Gasteiger partial charge in [-0.15, -0.1) is 0 Å². The highest BCUT2D eigenvalue weighted by atomic mass is 19.4. The van der Waals surface area contributed by atoms with E-state index >= 15 is 0 Å². The number of rotatable bonds is 3. The fourth-order valence-electron chi connectivity index (χ4n) is 4.35. The maximum Gasteiger partial charge on any atom is 0.418 e. The zero-order valence-corrected chi connectivity index (χ0v) is 16.9. The van der Waals surface area contributed by atoms with Crippen LogP contribution in [0.4, 0.5) is 27.8 Å². The van der Waals surface area contributed by atoms with E-state index in [0.717, 1.165) is 23.0 Å². The topological polar surface area (TPSA) is 106 Å². The zero-order valence-electron chi connectivity index (χ0n) is 16.9. The minimum atomic E-state index is -4.83. The summed E-state index contributed by atoms with van der Waals surface area (Å²) in [5, 5.41) is 6.21. The minimum Gasteiger partial charge on any atom is -0.382 e. The Bertz CT molecular complexity index is 1350. The number of hydrogen-bond donors (Lipinski definition) is 2. The predicted octanol–water partition coefficient (Wildman–Crippen LogP) is 2.11. The Morgan fingerprint density at radius 1 is 1.30 bits per heavy atom. The van der Waals surface area contributed by atoms with Gasteiger partial charge in [-0.1, -0.05) is 0 Å². The van der Waals surface area contributed by atoms with Crippen LogP contribution in [0.1, 0.15) is 21.5 Å². The summed E-state index contributed by atoms with van der Waals surface area (Å²) >= 11 is 0. The second-order valence-corrected chi connectivity index (χ2v) is 8.07. The molecule has 0 radical (unpaired) electrons. The molecule has 33 heavy (non-hydrogen) atoms. The number of hydrogen-bond acceptors (Lipinski definition) is 5. The number of fused-ring (bicyclic) bond motifs is 2. The maximum absolute atomic E-state index is 14.9. The largest absolute Gasteiger partial charge is 0.418 e. The quantitative estimate of drug-likeness (QED) is 0.455. The third-order valence-corrected chi connectivity index (χ3v) is 6.05. The predicted molar refractivity (Wildman–Crippen MR) is 104 cm³/mol. The molecule has 3 aliphatic heterocycles. The molecule has 2 bridgehead atoms. The molecule has 3 N–H and O–H groups in total. The highest BCUT2D eigenvalue weighted by molar-refractivity contribution is 6.00. The van der Waals surface area contributed by atoms with E-state index in [0.29, 0.717) is 6.07 Å². The van der Waals surface area contributed by atoms with Crippen molar-refractivity contribution in [1.29, 1.82) is 0 Å². The normalized spacial score (nSPS) is 22.1. The third-order valence-electron chi connectivity index (χ3n) is 6.05. The van der Waals surface area contributed by atoms with Gasteiger partial charge in [-0.2, -0.15) is 18.3 Å². The second kappa shape index (κ2) is 6.62. The molecule has 8 nitrogen and oxygen atoms in total. The Morgan fingerprint density at radius 3 is 2.64 bits per heavy atom. The molecule has 2 aromatic heterocycles. The van der Waals surface area contributed by atoms with E-state index in [2.05, 4.69) is 15.4 Å². The molecule has 2 amide bonds. The lowest BCUT2D eigenvalue weighted by atomic mass is 9.95. The zero-order chi connectivity index (χ0) is 23.9. The molecule has 172 valence electrons. The van der Waals surface area contributed by atoms with E-state index in [1.54, 1.807) is 0 Å². The summed E-state index contributed by atoms with van der Waals surface area (Å²) in [7, 11) is 0. The fraction of sp³-hybridized carbons (Fsp3) is 0.300. The fourth-order valence-corrected chi connectivity index (χ4v) is 4.35. The van der Waals surface area contributed by atoms with Crippen LogP contribution in [0.2, 0.25) is 0 Å². The Balaban J connectivity index is 1.59. The van der Waals surface area contributed by atoms with Crippen molar-refractivity contribution in [2.24, 2.45) is 0 Å². The van der Waals surface area contributed by atoms with Crippen LogP contribution < -0.4 is 11.1 Å². The lowest BCUT2D eigenvalue weighted by Gasteiger charge is -2.32. The van der Waals surface area contributed by atoms with E-state index in [4.69, 9.17) is 5.73 Å². The molecule has 3 fully saturated rings. The lowest BCUT2D eigenvalue weighted by molar-refractivity contribution is -0.151. The number of anilines is 1. The van der Waals surface area contributed by atoms with Crippen LogP contribution in [0.25, 0.3) is 16.8 Å². The van der Waals surface area contributed by atoms with Gasteiger partial charge in [0.1, 0.15) is 17.7 Å². The lowest BCUT2D eigenvalue weighted by Crippen LogP contribution is -2.60. The van der Waals surface area contributed by atoms with Crippen molar-refractivity contribution in [3.05, 3.63) is 47.0 Å². The molecule has 0 unspecified atom stereocenters. The van der Waals surface area contributed by atoms with Crippen LogP contribution >= 0.6 is 0 Å². The highest BCUT2D eigenvalue weighted by Crippen LogP contribution is 2.40. The summed E-state index contributed by atoms with van der Waals surface area (Å²) in [6, 6.07) is 1.64. The van der Waals surface area contributed by atoms with Crippen molar-refractivity contribution in [2.75, 3.05) is 18.8 Å². The number of benzene rings is 1. The molecular formula is C20H15F5N6O2. The van der Waals surface area contributed by atoms with Crippen LogP contribution in [0, 0.1) is 12.7 Å². The van der Waals surface area contributed by atoms with Gasteiger partial charge < -0.3 is 16.0 Å². The van der Waals surface area contributed by atoms with Gasteiger partial charge in [0.15, 0.2) is 5.82 Å². The summed E-state index contributed by atoms with van der Waals surface area (Å²) in [6.07, 6.45) is -3.91. The van der Waals surface area contributed by atoms with Gasteiger partial charge in [-0.05, 0) is 30.7 Å². The number of alkyl halides is 4. The first-order valence-electron chi connectivity index (χ1n) is 9.71. The van der Waals surface area contributed by atoms with E-state index in [1.807, 2.05) is 0 Å². The van der Waals surface area contributed by atoms with Crippen molar-refractivity contribution in [2.45, 2.75) is 24.8 Å². The molecule has 2 atom stereocenters. The van der Waals surface area contributed by atoms with Crippen molar-refractivity contribution in [3.8, 4) is 11.3 Å². The van der Waals surface area contributed by atoms with Gasteiger partial charge in [0.2, 0.25) is 5.67 Å². The van der Waals surface area contributed by atoms with Crippen LogP contribution in [0.3, 0.4) is 0 Å². The Kier molecular flexibility index (Phi) is 4.23. The first-order valence-corrected chi connectivity index (χ1v) is 9.71. The molecule has 1 aromatic carbocycles. The molecule has 3 saturated heterocycles. The van der Waals surface area contributed by atoms with Crippen LogP contribution in [0.5, 0.6) is 0 Å². The van der Waals surface area contributed by atoms with Crippen molar-refractivity contribution >= 4 is 23.1 Å². The smallest absolute Gasteiger partial charge is 0.382 e. The van der Waals surface area contributed by atoms with Crippen molar-refractivity contribution in [1.82, 2.24) is 24.8 Å². The molecular weight excluding hydrogens is 451 g/mol. The second-order valence-electron chi connectivity index (χ2n) is 8.07. The molecule has 3 aromatic rings. The van der Waals surface area contributed by atoms with E-state index in [1.165, 1.54) is 11.8 Å². The number of aryl methyl sites for hydroxylation is 1. The standard InChI is InChI=1S/C20H15F5N6O2/c1-8-2-12(21)10(3-9(8)17(32)29-14-5-30-6-19(14,22)18(30)33)13-4-11(20(23,24)25)15-16(26)27-7-28-31(13)15/h2-4,7,14H,5-6H2,1H3,(H,29,32)(H2,26,27,28)/t14-,19+/m1/s1. The van der Waals surface area contributed by atoms with Gasteiger partial charge in [-0.25, -0.2) is 18.3 Å². The molecule has 0 saturated carbocycles. The Hall–Kier alpha value is -3.77. The number of carbonyl (C=O) groups is 2. The number of carbonyl (C=O) groups excluding carboxylic acids is 2. The van der Waals surface area contributed by atoms with Gasteiger partial charge in [0.05, 0.1) is 23.8 Å². The minimum absolute atomic E-state index is 0.00263. The summed E-state index contributed by atoms with van der Waals surface area (Å²) in [5.41, 5.74) is 1.15. The first kappa shape index (κ1) is 21.1. The van der Waals surface area contributed by atoms with Gasteiger partial charge in [-0.3, -0.25) is 9.59 Å². The number of β-lactam (4-membered cyclic amide) rings is 1. The summed E-state index contributed by atoms with van der Waals surface area (Å²) in [5.74, 6) is -2.85. The maximum atomic E-state index is 14.9. The van der Waals surface area contributed by atoms with Gasteiger partial charge in [0.25, 0.3) is 11.8 Å². The van der Waals surface area contributed by atoms with E-state index < -0.39 is 52.4 Å². The molecule has 5 heterocycles. The highest BCUT2D eigenvalue weighted by Gasteiger charge is 2.65. The summed E-state index contributed by atoms with van der Waals surface area (Å²) in [6.45, 7) is 1.30. The Labute approximate surface area is 182 Å². The van der Waals surface area contributed by atoms with Crippen LogP contribution in [0.15, 0.2) is 24.5 Å². The van der Waals surface area contributed by atoms with Crippen molar-refractivity contribution < 1.29 is 31.5 Å². The van der Waals surface area contributed by atoms with Gasteiger partial charge in [0, 0.05) is 17.7 Å². The Morgan fingerprint density at radius 2 is 2.03 bits per heavy atom. The van der Waals surface area contributed by atoms with Crippen LogP contribution in [-0.4, -0.2) is 56.1 Å². The molecule has 3 aliphatic rings. The number of nitrogens with zero attached hydrogens (tertiary/aromatic N) is 4. The third kappa shape index (κ3) is 2.94. The average molecular weight is 466 g/mol. The van der Waals surface area contributed by atoms with Crippen LogP contribution in [-0.2, 0) is 11.0 Å². The van der Waals surface area contributed by atoms with Gasteiger partial charge >= 0.3 is 6.18 Å². The molecule has 13 heteroatoms. The number of aromatic nitrogens is 3. The molecule has 0 spiro atoms. The SMILES string of the molecule is Cc1cc(F)c(-c2cc(C(F)(F)F)c3c(N)ncnn23)cc1C(=O)N[C@@H]1CN2C[C@@]1(F)C2=O. The number of halogens is 5. The first-order chi connectivity index (χ1) is 15.4. The van der Waals surface area contributed by atoms with E-state index in [9.17, 15) is 31.5 Å². The number of amides is 2.